The first-order valence-electron chi connectivity index (χ1n) is 22.8. The summed E-state index contributed by atoms with van der Waals surface area (Å²) < 4.78 is 25.8. The van der Waals surface area contributed by atoms with E-state index in [0.717, 1.165) is 28.1 Å². The van der Waals surface area contributed by atoms with Crippen molar-refractivity contribution in [1.29, 1.82) is 0 Å². The molecule has 0 spiro atoms. The highest BCUT2D eigenvalue weighted by Gasteiger charge is 2.41. The van der Waals surface area contributed by atoms with Crippen molar-refractivity contribution in [2.45, 2.75) is 84.8 Å². The molecule has 1 aliphatic heterocycles. The second-order valence-electron chi connectivity index (χ2n) is 18.0. The number of carbonyl (C=O) groups excluding carboxylic acids is 4. The van der Waals surface area contributed by atoms with Crippen LogP contribution in [0.4, 0.5) is 21.6 Å². The van der Waals surface area contributed by atoms with Crippen molar-refractivity contribution in [3.63, 3.8) is 0 Å². The van der Waals surface area contributed by atoms with E-state index in [9.17, 15) is 23.6 Å². The minimum absolute atomic E-state index is 0.0419. The molecule has 4 amide bonds. The van der Waals surface area contributed by atoms with Crippen molar-refractivity contribution in [3.05, 3.63) is 101 Å². The standard InChI is InChI=1S/C50H61ClFN9O6S/c1-32-45(68-31-56-32)34-17-15-33(16-18-34)29-53-48(64)41-12-10-22-61(41)49(65)46(50(2,3)4)59-44(63)13-8-7-9-23-66-24-25-67-42-28-39-36(27-40(42)58-43(62)14-11-21-60(5)6)47(55-30-54-39)57-35-19-20-38(52)37(51)26-35/h11,14-20,26-28,30-31,41,46H,7-10,12-13,21-25,29H2,1-6H3,(H,53,64)(H,58,62)(H,59,63)(H,54,55,57)/b14-11+. The van der Waals surface area contributed by atoms with Gasteiger partial charge >= 0.3 is 0 Å². The van der Waals surface area contributed by atoms with Crippen LogP contribution >= 0.6 is 22.9 Å². The van der Waals surface area contributed by atoms with Gasteiger partial charge in [-0.3, -0.25) is 19.2 Å². The number of likely N-dealkylation sites (N-methyl/N-ethyl adjacent to an activating group) is 1. The predicted molar refractivity (Wildman–Crippen MR) is 266 cm³/mol. The van der Waals surface area contributed by atoms with Crippen LogP contribution in [0, 0.1) is 18.2 Å². The Morgan fingerprint density at radius 2 is 1.79 bits per heavy atom. The number of aromatic nitrogens is 3. The first-order valence-corrected chi connectivity index (χ1v) is 24.0. The molecular weight excluding hydrogens is 909 g/mol. The van der Waals surface area contributed by atoms with Gasteiger partial charge in [0.05, 0.1) is 38.9 Å². The normalized spacial score (nSPS) is 14.4. The number of hydrogen-bond donors (Lipinski definition) is 4. The van der Waals surface area contributed by atoms with Crippen molar-refractivity contribution in [2.75, 3.05) is 57.6 Å². The van der Waals surface area contributed by atoms with E-state index in [1.165, 1.54) is 30.6 Å². The molecule has 1 saturated heterocycles. The summed E-state index contributed by atoms with van der Waals surface area (Å²) in [4.78, 5) is 71.4. The molecule has 0 saturated carbocycles. The predicted octanol–water partition coefficient (Wildman–Crippen LogP) is 8.45. The summed E-state index contributed by atoms with van der Waals surface area (Å²) in [5.41, 5.74) is 5.71. The van der Waals surface area contributed by atoms with Crippen LogP contribution in [0.3, 0.4) is 0 Å². The fraction of sp³-hybridized carbons (Fsp3) is 0.420. The highest BCUT2D eigenvalue weighted by Crippen LogP contribution is 2.34. The van der Waals surface area contributed by atoms with E-state index in [1.54, 1.807) is 34.4 Å². The number of hydrogen-bond acceptors (Lipinski definition) is 12. The smallest absolute Gasteiger partial charge is 0.248 e. The Morgan fingerprint density at radius 1 is 1.00 bits per heavy atom. The average Bonchev–Trinajstić information content (AvgIpc) is 3.97. The molecule has 18 heteroatoms. The van der Waals surface area contributed by atoms with Crippen LogP contribution in [0.25, 0.3) is 21.3 Å². The van der Waals surface area contributed by atoms with Gasteiger partial charge in [-0.25, -0.2) is 19.3 Å². The number of nitrogens with zero attached hydrogens (tertiary/aromatic N) is 5. The number of rotatable bonds is 22. The highest BCUT2D eigenvalue weighted by atomic mass is 35.5. The summed E-state index contributed by atoms with van der Waals surface area (Å²) in [7, 11) is 3.80. The lowest BCUT2D eigenvalue weighted by Crippen LogP contribution is -2.57. The van der Waals surface area contributed by atoms with Gasteiger partial charge in [-0.05, 0) is 87.5 Å². The molecule has 3 aromatic carbocycles. The van der Waals surface area contributed by atoms with Crippen molar-refractivity contribution in [3.8, 4) is 16.2 Å². The SMILES string of the molecule is Cc1ncsc1-c1ccc(CNC(=O)C2CCCN2C(=O)C(NC(=O)CCCCCOCCOc2cc3ncnc(Nc4ccc(F)c(Cl)c4)c3cc2NC(=O)/C=C/CN(C)C)C(C)(C)C)cc1. The molecule has 2 aromatic heterocycles. The van der Waals surface area contributed by atoms with Crippen LogP contribution < -0.4 is 26.0 Å². The van der Waals surface area contributed by atoms with Gasteiger partial charge in [0.1, 0.15) is 42.4 Å². The topological polar surface area (TPSA) is 180 Å². The van der Waals surface area contributed by atoms with Gasteiger partial charge < -0.3 is 40.5 Å². The van der Waals surface area contributed by atoms with E-state index in [2.05, 4.69) is 36.2 Å². The number of unbranched alkanes of at least 4 members (excludes halogenated alkanes) is 2. The molecular formula is C50H61ClFN9O6S. The van der Waals surface area contributed by atoms with E-state index in [0.29, 0.717) is 85.8 Å². The molecule has 0 bridgehead atoms. The number of benzene rings is 3. The second-order valence-corrected chi connectivity index (χ2v) is 19.3. The Labute approximate surface area is 406 Å². The highest BCUT2D eigenvalue weighted by molar-refractivity contribution is 7.13. The fourth-order valence-electron chi connectivity index (χ4n) is 7.65. The Hall–Kier alpha value is -6.01. The Balaban J connectivity index is 0.945. The van der Waals surface area contributed by atoms with Crippen molar-refractivity contribution in [1.82, 2.24) is 35.4 Å². The van der Waals surface area contributed by atoms with Crippen molar-refractivity contribution in [2.24, 2.45) is 5.41 Å². The maximum Gasteiger partial charge on any atom is 0.248 e. The summed E-state index contributed by atoms with van der Waals surface area (Å²) in [6, 6.07) is 14.3. The third-order valence-electron chi connectivity index (χ3n) is 11.3. The first kappa shape index (κ1) is 51.4. The third-order valence-corrected chi connectivity index (χ3v) is 12.5. The first-order chi connectivity index (χ1) is 32.6. The van der Waals surface area contributed by atoms with E-state index in [4.69, 9.17) is 21.1 Å². The number of amides is 4. The molecule has 362 valence electrons. The van der Waals surface area contributed by atoms with Crippen LogP contribution in [-0.4, -0.2) is 107 Å². The number of anilines is 3. The number of aryl methyl sites for hydroxylation is 1. The zero-order chi connectivity index (χ0) is 48.8. The number of thiazole rings is 1. The average molecular weight is 971 g/mol. The molecule has 6 rings (SSSR count). The molecule has 5 aromatic rings. The van der Waals surface area contributed by atoms with Crippen LogP contribution in [0.5, 0.6) is 5.75 Å². The van der Waals surface area contributed by atoms with E-state index in [-0.39, 0.29) is 48.3 Å². The largest absolute Gasteiger partial charge is 0.489 e. The molecule has 2 unspecified atom stereocenters. The Kier molecular flexibility index (Phi) is 18.4. The monoisotopic (exact) mass is 969 g/mol. The number of halogens is 2. The lowest BCUT2D eigenvalue weighted by Gasteiger charge is -2.35. The molecule has 15 nitrogen and oxygen atoms in total. The number of nitrogens with one attached hydrogen (secondary N) is 4. The van der Waals surface area contributed by atoms with E-state index < -0.39 is 23.3 Å². The quantitative estimate of drug-likeness (QED) is 0.0386. The fourth-order valence-corrected chi connectivity index (χ4v) is 8.64. The summed E-state index contributed by atoms with van der Waals surface area (Å²) in [6.45, 7) is 9.99. The molecule has 1 fully saturated rings. The number of fused-ring (bicyclic) bond motifs is 1. The van der Waals surface area contributed by atoms with Gasteiger partial charge in [0.2, 0.25) is 23.6 Å². The lowest BCUT2D eigenvalue weighted by atomic mass is 9.85. The Bertz CT molecular complexity index is 2570. The van der Waals surface area contributed by atoms with Crippen LogP contribution in [0.15, 0.2) is 78.6 Å². The van der Waals surface area contributed by atoms with E-state index >= 15 is 0 Å². The summed E-state index contributed by atoms with van der Waals surface area (Å²) in [5, 5.41) is 12.6. The zero-order valence-electron chi connectivity index (χ0n) is 39.5. The van der Waals surface area contributed by atoms with Gasteiger partial charge in [0.15, 0.2) is 0 Å². The van der Waals surface area contributed by atoms with Gasteiger partial charge in [-0.15, -0.1) is 11.3 Å². The molecule has 2 atom stereocenters. The second kappa shape index (κ2) is 24.3. The van der Waals surface area contributed by atoms with Gasteiger partial charge in [0.25, 0.3) is 0 Å². The van der Waals surface area contributed by atoms with Crippen LogP contribution in [-0.2, 0) is 30.5 Å². The van der Waals surface area contributed by atoms with Gasteiger partial charge in [-0.2, -0.15) is 0 Å². The summed E-state index contributed by atoms with van der Waals surface area (Å²) in [6.07, 6.45) is 8.13. The third kappa shape index (κ3) is 14.5. The molecule has 4 N–H and O–H groups in total. The number of carbonyl (C=O) groups is 4. The van der Waals surface area contributed by atoms with Gasteiger partial charge in [0, 0.05) is 55.9 Å². The molecule has 0 radical (unpaired) electrons. The van der Waals surface area contributed by atoms with Crippen LogP contribution in [0.2, 0.25) is 5.02 Å². The van der Waals surface area contributed by atoms with Gasteiger partial charge in [-0.1, -0.05) is 69.1 Å². The molecule has 68 heavy (non-hydrogen) atoms. The Morgan fingerprint density at radius 3 is 2.51 bits per heavy atom. The lowest BCUT2D eigenvalue weighted by molar-refractivity contribution is -0.143. The van der Waals surface area contributed by atoms with Crippen LogP contribution in [0.1, 0.15) is 70.6 Å². The van der Waals surface area contributed by atoms with Crippen molar-refractivity contribution < 1.29 is 33.0 Å². The van der Waals surface area contributed by atoms with E-state index in [1.807, 2.05) is 76.5 Å². The maximum absolute atomic E-state index is 14.0. The number of likely N-dealkylation sites (tertiary alicyclic amines) is 1. The number of ether oxygens (including phenoxy) is 2. The zero-order valence-corrected chi connectivity index (χ0v) is 41.1. The molecule has 0 aliphatic carbocycles. The molecule has 3 heterocycles. The molecule has 1 aliphatic rings. The maximum atomic E-state index is 14.0. The minimum Gasteiger partial charge on any atom is -0.489 e. The van der Waals surface area contributed by atoms with Crippen molar-refractivity contribution >= 4 is 74.7 Å². The minimum atomic E-state index is -0.794. The summed E-state index contributed by atoms with van der Waals surface area (Å²) in [5.74, 6) is -0.767. The summed E-state index contributed by atoms with van der Waals surface area (Å²) >= 11 is 7.60.